The molecule has 2 heteroatoms. The van der Waals surface area contributed by atoms with Crippen LogP contribution in [0.3, 0.4) is 0 Å². The molecule has 0 atom stereocenters. The summed E-state index contributed by atoms with van der Waals surface area (Å²) in [7, 11) is 0. The van der Waals surface area contributed by atoms with Crippen molar-refractivity contribution in [2.45, 2.75) is 20.3 Å². The molecule has 1 aromatic rings. The molecule has 1 rings (SSSR count). The summed E-state index contributed by atoms with van der Waals surface area (Å²) in [5.74, 6) is 0.615. The number of nitrogens with zero attached hydrogens (tertiary/aromatic N) is 1. The third-order valence-electron chi connectivity index (χ3n) is 1.68. The average Bonchev–Trinajstić information content (AvgIpc) is 2.14. The van der Waals surface area contributed by atoms with Crippen LogP contribution in [0.5, 0.6) is 0 Å². The van der Waals surface area contributed by atoms with Crippen LogP contribution < -0.4 is 0 Å². The number of rotatable bonds is 5. The van der Waals surface area contributed by atoms with Crippen LogP contribution >= 0.6 is 0 Å². The lowest BCUT2D eigenvalue weighted by molar-refractivity contribution is 0.112. The topological polar surface area (TPSA) is 22.1 Å². The average molecular weight is 179 g/mol. The lowest BCUT2D eigenvalue weighted by Gasteiger charge is -2.05. The normalized spacial score (nSPS) is 10.7. The summed E-state index contributed by atoms with van der Waals surface area (Å²) in [6.07, 6.45) is 2.73. The molecule has 0 spiro atoms. The second kappa shape index (κ2) is 5.70. The van der Waals surface area contributed by atoms with Crippen LogP contribution in [0.1, 0.15) is 19.5 Å². The summed E-state index contributed by atoms with van der Waals surface area (Å²) in [5, 5.41) is 0. The second-order valence-corrected chi connectivity index (χ2v) is 3.54. The predicted octanol–water partition coefficient (Wildman–Crippen LogP) is 2.30. The van der Waals surface area contributed by atoms with Gasteiger partial charge in [-0.25, -0.2) is 0 Å². The van der Waals surface area contributed by atoms with Gasteiger partial charge in [-0.15, -0.1) is 0 Å². The van der Waals surface area contributed by atoms with E-state index in [1.807, 2.05) is 24.4 Å². The Morgan fingerprint density at radius 1 is 1.38 bits per heavy atom. The standard InChI is InChI=1S/C11H17NO/c1-10(2)9-13-8-6-11-5-3-4-7-12-11/h3-5,7,10H,6,8-9H2,1-2H3. The van der Waals surface area contributed by atoms with Crippen molar-refractivity contribution >= 4 is 0 Å². The minimum Gasteiger partial charge on any atom is -0.381 e. The second-order valence-electron chi connectivity index (χ2n) is 3.54. The quantitative estimate of drug-likeness (QED) is 0.647. The van der Waals surface area contributed by atoms with Gasteiger partial charge >= 0.3 is 0 Å². The van der Waals surface area contributed by atoms with E-state index < -0.39 is 0 Å². The summed E-state index contributed by atoms with van der Waals surface area (Å²) in [4.78, 5) is 4.22. The molecule has 0 radical (unpaired) electrons. The summed E-state index contributed by atoms with van der Waals surface area (Å²) in [6, 6.07) is 5.96. The monoisotopic (exact) mass is 179 g/mol. The van der Waals surface area contributed by atoms with Crippen molar-refractivity contribution in [2.75, 3.05) is 13.2 Å². The highest BCUT2D eigenvalue weighted by Gasteiger charge is 1.95. The zero-order valence-electron chi connectivity index (χ0n) is 8.36. The summed E-state index contributed by atoms with van der Waals surface area (Å²) < 4.78 is 5.46. The van der Waals surface area contributed by atoms with Gasteiger partial charge in [0.05, 0.1) is 6.61 Å². The lowest BCUT2D eigenvalue weighted by Crippen LogP contribution is -2.05. The van der Waals surface area contributed by atoms with Crippen molar-refractivity contribution in [3.8, 4) is 0 Å². The lowest BCUT2D eigenvalue weighted by atomic mass is 10.2. The first-order valence-electron chi connectivity index (χ1n) is 4.76. The van der Waals surface area contributed by atoms with Crippen molar-refractivity contribution in [3.63, 3.8) is 0 Å². The van der Waals surface area contributed by atoms with E-state index in [0.717, 1.165) is 25.3 Å². The van der Waals surface area contributed by atoms with Gasteiger partial charge in [-0.2, -0.15) is 0 Å². The van der Waals surface area contributed by atoms with Gasteiger partial charge in [0.1, 0.15) is 0 Å². The van der Waals surface area contributed by atoms with E-state index in [1.54, 1.807) is 0 Å². The highest BCUT2D eigenvalue weighted by molar-refractivity contribution is 5.03. The SMILES string of the molecule is CC(C)COCCc1ccccn1. The first-order valence-corrected chi connectivity index (χ1v) is 4.76. The highest BCUT2D eigenvalue weighted by atomic mass is 16.5. The molecule has 0 unspecified atom stereocenters. The highest BCUT2D eigenvalue weighted by Crippen LogP contribution is 1.97. The minimum absolute atomic E-state index is 0.615. The van der Waals surface area contributed by atoms with E-state index in [1.165, 1.54) is 0 Å². The van der Waals surface area contributed by atoms with Gasteiger partial charge in [0, 0.05) is 24.9 Å². The number of ether oxygens (including phenoxy) is 1. The van der Waals surface area contributed by atoms with Crippen LogP contribution in [-0.2, 0) is 11.2 Å². The fraction of sp³-hybridized carbons (Fsp3) is 0.545. The Morgan fingerprint density at radius 2 is 2.23 bits per heavy atom. The largest absolute Gasteiger partial charge is 0.381 e. The Hall–Kier alpha value is -0.890. The molecular formula is C11H17NO. The van der Waals surface area contributed by atoms with Gasteiger partial charge in [0.2, 0.25) is 0 Å². The molecule has 0 aliphatic heterocycles. The zero-order chi connectivity index (χ0) is 9.52. The molecule has 0 aliphatic carbocycles. The minimum atomic E-state index is 0.615. The first-order chi connectivity index (χ1) is 6.29. The van der Waals surface area contributed by atoms with E-state index in [-0.39, 0.29) is 0 Å². The Labute approximate surface area is 80.0 Å². The molecule has 2 nitrogen and oxygen atoms in total. The number of hydrogen-bond donors (Lipinski definition) is 0. The van der Waals surface area contributed by atoms with Gasteiger partial charge < -0.3 is 4.74 Å². The zero-order valence-corrected chi connectivity index (χ0v) is 8.36. The van der Waals surface area contributed by atoms with Gasteiger partial charge in [0.15, 0.2) is 0 Å². The molecule has 0 fully saturated rings. The van der Waals surface area contributed by atoms with E-state index >= 15 is 0 Å². The van der Waals surface area contributed by atoms with Crippen LogP contribution in [0.25, 0.3) is 0 Å². The molecule has 0 N–H and O–H groups in total. The molecule has 0 saturated heterocycles. The smallest absolute Gasteiger partial charge is 0.0521 e. The molecule has 1 aromatic heterocycles. The van der Waals surface area contributed by atoms with Crippen LogP contribution in [-0.4, -0.2) is 18.2 Å². The summed E-state index contributed by atoms with van der Waals surface area (Å²) >= 11 is 0. The fourth-order valence-corrected chi connectivity index (χ4v) is 1.04. The van der Waals surface area contributed by atoms with Gasteiger partial charge in [-0.3, -0.25) is 4.98 Å². The van der Waals surface area contributed by atoms with E-state index in [9.17, 15) is 0 Å². The van der Waals surface area contributed by atoms with E-state index in [0.29, 0.717) is 5.92 Å². The fourth-order valence-electron chi connectivity index (χ4n) is 1.04. The van der Waals surface area contributed by atoms with Crippen LogP contribution in [0, 0.1) is 5.92 Å². The molecule has 0 bridgehead atoms. The summed E-state index contributed by atoms with van der Waals surface area (Å²) in [5.41, 5.74) is 1.10. The maximum atomic E-state index is 5.46. The van der Waals surface area contributed by atoms with Crippen molar-refractivity contribution in [2.24, 2.45) is 5.92 Å². The molecular weight excluding hydrogens is 162 g/mol. The maximum Gasteiger partial charge on any atom is 0.0521 e. The van der Waals surface area contributed by atoms with Crippen molar-refractivity contribution in [1.82, 2.24) is 4.98 Å². The number of hydrogen-bond acceptors (Lipinski definition) is 2. The van der Waals surface area contributed by atoms with Gasteiger partial charge in [-0.1, -0.05) is 19.9 Å². The summed E-state index contributed by atoms with van der Waals surface area (Å²) in [6.45, 7) is 5.92. The molecule has 0 aliphatic rings. The predicted molar refractivity (Wildman–Crippen MR) is 53.6 cm³/mol. The molecule has 72 valence electrons. The Balaban J connectivity index is 2.13. The van der Waals surface area contributed by atoms with Gasteiger partial charge in [-0.05, 0) is 18.1 Å². The van der Waals surface area contributed by atoms with Crippen LogP contribution in [0.4, 0.5) is 0 Å². The molecule has 0 saturated carbocycles. The first kappa shape index (κ1) is 10.2. The molecule has 0 aromatic carbocycles. The molecule has 13 heavy (non-hydrogen) atoms. The third kappa shape index (κ3) is 4.63. The third-order valence-corrected chi connectivity index (χ3v) is 1.68. The molecule has 0 amide bonds. The Bertz CT molecular complexity index is 221. The van der Waals surface area contributed by atoms with E-state index in [2.05, 4.69) is 18.8 Å². The van der Waals surface area contributed by atoms with Crippen LogP contribution in [0.2, 0.25) is 0 Å². The van der Waals surface area contributed by atoms with Gasteiger partial charge in [0.25, 0.3) is 0 Å². The number of aromatic nitrogens is 1. The number of pyridine rings is 1. The van der Waals surface area contributed by atoms with Crippen molar-refractivity contribution < 1.29 is 4.74 Å². The van der Waals surface area contributed by atoms with Crippen LogP contribution in [0.15, 0.2) is 24.4 Å². The van der Waals surface area contributed by atoms with E-state index in [4.69, 9.17) is 4.74 Å². The van der Waals surface area contributed by atoms with Crippen molar-refractivity contribution in [1.29, 1.82) is 0 Å². The Kier molecular flexibility index (Phi) is 4.47. The molecule has 1 heterocycles. The van der Waals surface area contributed by atoms with Crippen molar-refractivity contribution in [3.05, 3.63) is 30.1 Å². The maximum absolute atomic E-state index is 5.46. The Morgan fingerprint density at radius 3 is 2.85 bits per heavy atom.